The third kappa shape index (κ3) is 8.61. The maximum atomic E-state index is 15.3. The van der Waals surface area contributed by atoms with Crippen molar-refractivity contribution < 1.29 is 77.9 Å². The molecule has 2 aliphatic heterocycles. The molecule has 1 aromatic heterocycles. The van der Waals surface area contributed by atoms with Crippen LogP contribution in [-0.4, -0.2) is 131 Å². The van der Waals surface area contributed by atoms with Gasteiger partial charge < -0.3 is 58.7 Å². The molecule has 19 atom stereocenters. The number of aliphatic hydroxyl groups excluding tert-OH is 5. The Kier molecular flexibility index (Phi) is 14.3. The van der Waals surface area contributed by atoms with Gasteiger partial charge in [-0.25, -0.2) is 9.59 Å². The third-order valence-corrected chi connectivity index (χ3v) is 22.3. The van der Waals surface area contributed by atoms with Crippen molar-refractivity contribution in [3.05, 3.63) is 45.8 Å². The fourth-order valence-electron chi connectivity index (χ4n) is 14.9. The fraction of sp³-hybridized carbons (Fsp3) is 0.717. The van der Waals surface area contributed by atoms with Gasteiger partial charge in [0.1, 0.15) is 46.2 Å². The third-order valence-electron chi connectivity index (χ3n) is 19.4. The second-order valence-electron chi connectivity index (χ2n) is 23.6. The summed E-state index contributed by atoms with van der Waals surface area (Å²) < 4.78 is 41.0. The second-order valence-corrected chi connectivity index (χ2v) is 26.5. The van der Waals surface area contributed by atoms with Crippen molar-refractivity contribution in [2.45, 2.75) is 174 Å². The predicted octanol–water partition coefficient (Wildman–Crippen LogP) is 6.46. The van der Waals surface area contributed by atoms with Crippen molar-refractivity contribution >= 4 is 56.6 Å². The molecule has 0 radical (unpaired) electrons. The van der Waals surface area contributed by atoms with Crippen molar-refractivity contribution in [3.8, 4) is 16.2 Å². The van der Waals surface area contributed by atoms with E-state index in [0.29, 0.717) is 31.4 Å². The SMILES string of the molecule is COC(=O)[C@H]1O[C@@H](O[C@H]2[C@H](O[C@H]3CC[C@@]4(C)C(CC[C@]5(C)C4C(=O)C=C4C6CC(C)(C(=O)Oc7ccc(-c8cc(=S)ss8)cc7)CC[C@]6(C)CCC45C)C3(C)C)O[C@H](C(=O)OC)[C@@H](O)[C@@H]2O)[C@H](O)[C@@H](O)[C@@H]1O. The van der Waals surface area contributed by atoms with E-state index in [1.807, 2.05) is 43.3 Å². The molecule has 396 valence electrons. The van der Waals surface area contributed by atoms with Crippen LogP contribution in [0.3, 0.4) is 0 Å². The van der Waals surface area contributed by atoms with Crippen molar-refractivity contribution in [1.82, 2.24) is 0 Å². The van der Waals surface area contributed by atoms with Gasteiger partial charge in [0.25, 0.3) is 0 Å². The molecule has 5 unspecified atom stereocenters. The number of fused-ring (bicyclic) bond motifs is 7. The number of benzene rings is 1. The summed E-state index contributed by atoms with van der Waals surface area (Å²) in [5.41, 5.74) is -0.599. The molecular formula is C53H70O16S3. The summed E-state index contributed by atoms with van der Waals surface area (Å²) in [6.07, 6.45) is -10.4. The molecule has 2 saturated heterocycles. The number of allylic oxidation sites excluding steroid dienone is 2. The lowest BCUT2D eigenvalue weighted by Gasteiger charge is -2.70. The lowest BCUT2D eigenvalue weighted by atomic mass is 9.33. The lowest BCUT2D eigenvalue weighted by Crippen LogP contribution is -2.68. The van der Waals surface area contributed by atoms with Crippen molar-refractivity contribution in [2.75, 3.05) is 14.2 Å². The first kappa shape index (κ1) is 53.8. The number of carbonyl (C=O) groups excluding carboxylic acids is 4. The standard InChI is InChI=1S/C53H70O16S3/c1-48(2)31-14-17-53(7)42(29(54)22-27-28-24-50(4,19-18-49(28,3)20-21-52(27,53)6)47(62)65-26-12-10-25(11-13-26)30-23-33(70)72-71-30)51(31,5)16-15-32(48)66-46-41(37(58)36(57)40(68-46)44(61)64-9)69-45-38(59)34(55)35(56)39(67-45)43(60)63-8/h10-13,22-23,28,31-32,34-42,45-46,55-59H,14-21,24H2,1-9H3/t28?,31?,32-,34-,35-,36-,37-,38+,39-,40-,41+,42?,45-,46+,49+,50?,51-,52?,53+/m0/s1. The molecular weight excluding hydrogens is 989 g/mol. The van der Waals surface area contributed by atoms with Gasteiger partial charge in [0.2, 0.25) is 0 Å². The van der Waals surface area contributed by atoms with Crippen molar-refractivity contribution in [1.29, 1.82) is 0 Å². The molecule has 2 aromatic rings. The Bertz CT molecular complexity index is 2530. The number of methoxy groups -OCH3 is 2. The van der Waals surface area contributed by atoms with Crippen LogP contribution in [0.1, 0.15) is 106 Å². The van der Waals surface area contributed by atoms with Crippen LogP contribution in [0.4, 0.5) is 0 Å². The van der Waals surface area contributed by atoms with Gasteiger partial charge >= 0.3 is 17.9 Å². The van der Waals surface area contributed by atoms with Crippen molar-refractivity contribution in [2.24, 2.45) is 50.2 Å². The highest BCUT2D eigenvalue weighted by Gasteiger charge is 2.71. The largest absolute Gasteiger partial charge is 0.467 e. The van der Waals surface area contributed by atoms with E-state index >= 15 is 4.79 Å². The van der Waals surface area contributed by atoms with Gasteiger partial charge in [-0.05, 0) is 146 Å². The number of esters is 3. The number of rotatable bonds is 9. The molecule has 0 spiro atoms. The number of hydrogen-bond donors (Lipinski definition) is 5. The molecule has 72 heavy (non-hydrogen) atoms. The molecule has 9 rings (SSSR count). The molecule has 5 aliphatic carbocycles. The predicted molar refractivity (Wildman–Crippen MR) is 265 cm³/mol. The van der Waals surface area contributed by atoms with Gasteiger partial charge in [-0.3, -0.25) is 9.59 Å². The number of ketones is 1. The first-order valence-corrected chi connectivity index (χ1v) is 27.7. The average molecular weight is 1060 g/mol. The van der Waals surface area contributed by atoms with Crippen LogP contribution in [0.5, 0.6) is 5.75 Å². The Morgan fingerprint density at radius 1 is 0.722 bits per heavy atom. The Balaban J connectivity index is 0.959. The summed E-state index contributed by atoms with van der Waals surface area (Å²) in [6, 6.07) is 9.56. The van der Waals surface area contributed by atoms with E-state index in [0.717, 1.165) is 66.2 Å². The summed E-state index contributed by atoms with van der Waals surface area (Å²) in [5.74, 6) is -2.12. The topological polar surface area (TPSA) is 234 Å². The Morgan fingerprint density at radius 2 is 1.35 bits per heavy atom. The minimum atomic E-state index is -1.94. The zero-order chi connectivity index (χ0) is 52.2. The minimum Gasteiger partial charge on any atom is -0.467 e. The monoisotopic (exact) mass is 1060 g/mol. The second kappa shape index (κ2) is 19.2. The Morgan fingerprint density at radius 3 is 1.97 bits per heavy atom. The molecule has 16 nitrogen and oxygen atoms in total. The number of carbonyl (C=O) groups is 4. The number of hydrogen-bond acceptors (Lipinski definition) is 19. The maximum Gasteiger partial charge on any atom is 0.337 e. The molecule has 0 bridgehead atoms. The first-order valence-electron chi connectivity index (χ1n) is 25.1. The van der Waals surface area contributed by atoms with Gasteiger partial charge in [0.05, 0.1) is 25.7 Å². The van der Waals surface area contributed by atoms with Crippen LogP contribution in [0.15, 0.2) is 42.0 Å². The summed E-state index contributed by atoms with van der Waals surface area (Å²) >= 11 is 5.33. The molecule has 6 fully saturated rings. The van der Waals surface area contributed by atoms with E-state index < -0.39 is 101 Å². The van der Waals surface area contributed by atoms with Crippen molar-refractivity contribution in [3.63, 3.8) is 0 Å². The number of aliphatic hydroxyl groups is 5. The Labute approximate surface area is 432 Å². The Hall–Kier alpha value is -3.05. The van der Waals surface area contributed by atoms with Crippen LogP contribution in [0.25, 0.3) is 10.4 Å². The van der Waals surface area contributed by atoms with Crippen LogP contribution in [0.2, 0.25) is 0 Å². The fourth-order valence-corrected chi connectivity index (χ4v) is 17.3. The highest BCUT2D eigenvalue weighted by molar-refractivity contribution is 7.80. The lowest BCUT2D eigenvalue weighted by molar-refractivity contribution is -0.371. The summed E-state index contributed by atoms with van der Waals surface area (Å²) in [6.45, 7) is 15.4. The highest BCUT2D eigenvalue weighted by atomic mass is 32.9. The summed E-state index contributed by atoms with van der Waals surface area (Å²) in [5, 5.41) is 54.9. The highest BCUT2D eigenvalue weighted by Crippen LogP contribution is 2.75. The van der Waals surface area contributed by atoms with Gasteiger partial charge in [-0.2, -0.15) is 0 Å². The summed E-state index contributed by atoms with van der Waals surface area (Å²) in [4.78, 5) is 56.1. The van der Waals surface area contributed by atoms with Gasteiger partial charge in [0.15, 0.2) is 30.6 Å². The van der Waals surface area contributed by atoms with E-state index in [4.69, 9.17) is 45.4 Å². The van der Waals surface area contributed by atoms with E-state index in [9.17, 15) is 39.9 Å². The maximum absolute atomic E-state index is 15.3. The average Bonchev–Trinajstić information content (AvgIpc) is 3.78. The van der Waals surface area contributed by atoms with Gasteiger partial charge in [0, 0.05) is 10.8 Å². The quantitative estimate of drug-likeness (QED) is 0.0596. The molecule has 0 amide bonds. The molecule has 4 saturated carbocycles. The first-order chi connectivity index (χ1) is 33.8. The molecule has 3 heterocycles. The van der Waals surface area contributed by atoms with Gasteiger partial charge in [-0.15, -0.1) is 0 Å². The minimum absolute atomic E-state index is 0.00132. The number of ether oxygens (including phenoxy) is 7. The zero-order valence-electron chi connectivity index (χ0n) is 42.4. The smallest absolute Gasteiger partial charge is 0.337 e. The summed E-state index contributed by atoms with van der Waals surface area (Å²) in [7, 11) is 5.32. The van der Waals surface area contributed by atoms with E-state index in [1.165, 1.54) is 0 Å². The molecule has 5 N–H and O–H groups in total. The van der Waals surface area contributed by atoms with E-state index in [2.05, 4.69) is 41.5 Å². The van der Waals surface area contributed by atoms with E-state index in [1.54, 1.807) is 20.7 Å². The van der Waals surface area contributed by atoms with E-state index in [-0.39, 0.29) is 40.3 Å². The normalized spacial score (nSPS) is 44.5. The van der Waals surface area contributed by atoms with Crippen LogP contribution in [-0.2, 0) is 47.6 Å². The molecule has 7 aliphatic rings. The van der Waals surface area contributed by atoms with Gasteiger partial charge in [-0.1, -0.05) is 80.0 Å². The molecule has 19 heteroatoms. The zero-order valence-corrected chi connectivity index (χ0v) is 44.8. The molecule has 1 aromatic carbocycles. The van der Waals surface area contributed by atoms with Crippen LogP contribution in [0, 0.1) is 54.1 Å². The van der Waals surface area contributed by atoms with Crippen LogP contribution < -0.4 is 4.74 Å². The van der Waals surface area contributed by atoms with Crippen LogP contribution >= 0.6 is 32.9 Å².